The van der Waals surface area contributed by atoms with Crippen LogP contribution >= 0.6 is 0 Å². The Bertz CT molecular complexity index is 550. The van der Waals surface area contributed by atoms with Crippen molar-refractivity contribution < 1.29 is 4.79 Å². The topological polar surface area (TPSA) is 75.0 Å². The SMILES string of the molecule is CCCCCc1c(N)cc(C#N)n1CC(=O)N1CCCCC1. The summed E-state index contributed by atoms with van der Waals surface area (Å²) < 4.78 is 1.82. The molecule has 2 rings (SSSR count). The molecule has 120 valence electrons. The number of aromatic nitrogens is 1. The van der Waals surface area contributed by atoms with Crippen LogP contribution in [0.3, 0.4) is 0 Å². The van der Waals surface area contributed by atoms with Gasteiger partial charge in [0, 0.05) is 18.8 Å². The predicted molar refractivity (Wildman–Crippen MR) is 87.2 cm³/mol. The molecule has 0 spiro atoms. The molecular weight excluding hydrogens is 276 g/mol. The first-order chi connectivity index (χ1) is 10.7. The van der Waals surface area contributed by atoms with Crippen molar-refractivity contribution in [2.24, 2.45) is 0 Å². The summed E-state index contributed by atoms with van der Waals surface area (Å²) in [5.74, 6) is 0.101. The Morgan fingerprint density at radius 1 is 1.32 bits per heavy atom. The Morgan fingerprint density at radius 2 is 2.05 bits per heavy atom. The number of likely N-dealkylation sites (tertiary alicyclic amines) is 1. The molecule has 2 N–H and O–H groups in total. The van der Waals surface area contributed by atoms with Crippen LogP contribution in [-0.4, -0.2) is 28.5 Å². The van der Waals surface area contributed by atoms with Crippen LogP contribution in [0.25, 0.3) is 0 Å². The molecule has 0 aliphatic carbocycles. The number of hydrogen-bond acceptors (Lipinski definition) is 3. The number of nitriles is 1. The second-order valence-corrected chi connectivity index (χ2v) is 6.03. The molecule has 1 saturated heterocycles. The molecule has 0 atom stereocenters. The van der Waals surface area contributed by atoms with Crippen LogP contribution in [0.1, 0.15) is 56.8 Å². The van der Waals surface area contributed by atoms with Crippen molar-refractivity contribution in [1.82, 2.24) is 9.47 Å². The minimum Gasteiger partial charge on any atom is -0.397 e. The van der Waals surface area contributed by atoms with Gasteiger partial charge in [-0.25, -0.2) is 0 Å². The fourth-order valence-corrected chi connectivity index (χ4v) is 3.08. The van der Waals surface area contributed by atoms with E-state index in [0.717, 1.165) is 57.3 Å². The smallest absolute Gasteiger partial charge is 0.242 e. The molecule has 0 bridgehead atoms. The van der Waals surface area contributed by atoms with Gasteiger partial charge in [-0.05, 0) is 38.2 Å². The molecule has 1 fully saturated rings. The first-order valence-corrected chi connectivity index (χ1v) is 8.33. The van der Waals surface area contributed by atoms with E-state index in [-0.39, 0.29) is 12.5 Å². The Kier molecular flexibility index (Phi) is 5.88. The number of hydrogen-bond donors (Lipinski definition) is 1. The van der Waals surface area contributed by atoms with Gasteiger partial charge in [0.1, 0.15) is 18.3 Å². The largest absolute Gasteiger partial charge is 0.397 e. The van der Waals surface area contributed by atoms with E-state index in [1.165, 1.54) is 6.42 Å². The van der Waals surface area contributed by atoms with Gasteiger partial charge in [-0.1, -0.05) is 19.8 Å². The maximum absolute atomic E-state index is 12.5. The summed E-state index contributed by atoms with van der Waals surface area (Å²) in [6.45, 7) is 4.07. The van der Waals surface area contributed by atoms with E-state index in [4.69, 9.17) is 5.73 Å². The number of amides is 1. The number of nitrogens with two attached hydrogens (primary N) is 1. The molecule has 2 heterocycles. The molecule has 0 radical (unpaired) electrons. The van der Waals surface area contributed by atoms with Crippen LogP contribution in [0, 0.1) is 11.3 Å². The number of carbonyl (C=O) groups is 1. The zero-order chi connectivity index (χ0) is 15.9. The van der Waals surface area contributed by atoms with E-state index in [9.17, 15) is 10.1 Å². The van der Waals surface area contributed by atoms with E-state index < -0.39 is 0 Å². The van der Waals surface area contributed by atoms with Crippen molar-refractivity contribution in [2.75, 3.05) is 18.8 Å². The summed E-state index contributed by atoms with van der Waals surface area (Å²) in [4.78, 5) is 14.4. The van der Waals surface area contributed by atoms with E-state index in [2.05, 4.69) is 13.0 Å². The highest BCUT2D eigenvalue weighted by Gasteiger charge is 2.20. The van der Waals surface area contributed by atoms with E-state index >= 15 is 0 Å². The second-order valence-electron chi connectivity index (χ2n) is 6.03. The zero-order valence-corrected chi connectivity index (χ0v) is 13.5. The third-order valence-corrected chi connectivity index (χ3v) is 4.38. The average Bonchev–Trinajstić information content (AvgIpc) is 2.84. The van der Waals surface area contributed by atoms with Crippen LogP contribution in [0.2, 0.25) is 0 Å². The monoisotopic (exact) mass is 302 g/mol. The molecule has 5 heteroatoms. The minimum atomic E-state index is 0.101. The van der Waals surface area contributed by atoms with Crippen molar-refractivity contribution in [3.63, 3.8) is 0 Å². The Morgan fingerprint density at radius 3 is 2.68 bits per heavy atom. The van der Waals surface area contributed by atoms with E-state index in [1.54, 1.807) is 6.07 Å². The summed E-state index contributed by atoms with van der Waals surface area (Å²) in [7, 11) is 0. The fraction of sp³-hybridized carbons (Fsp3) is 0.647. The Labute approximate surface area is 132 Å². The van der Waals surface area contributed by atoms with Crippen LogP contribution < -0.4 is 5.73 Å². The number of rotatable bonds is 6. The fourth-order valence-electron chi connectivity index (χ4n) is 3.08. The highest BCUT2D eigenvalue weighted by atomic mass is 16.2. The Hall–Kier alpha value is -1.96. The summed E-state index contributed by atoms with van der Waals surface area (Å²) in [6, 6.07) is 3.87. The lowest BCUT2D eigenvalue weighted by Gasteiger charge is -2.27. The summed E-state index contributed by atoms with van der Waals surface area (Å²) in [5.41, 5.74) is 8.13. The van der Waals surface area contributed by atoms with Crippen LogP contribution in [0.5, 0.6) is 0 Å². The number of piperidine rings is 1. The summed E-state index contributed by atoms with van der Waals surface area (Å²) in [6.07, 6.45) is 7.49. The quantitative estimate of drug-likeness (QED) is 0.821. The lowest BCUT2D eigenvalue weighted by molar-refractivity contribution is -0.132. The standard InChI is InChI=1S/C17H26N4O/c1-2-3-5-8-16-15(19)11-14(12-18)21(16)13-17(22)20-9-6-4-7-10-20/h11H,2-10,13,19H2,1H3. The van der Waals surface area contributed by atoms with Crippen LogP contribution in [0.4, 0.5) is 5.69 Å². The highest BCUT2D eigenvalue weighted by molar-refractivity contribution is 5.76. The van der Waals surface area contributed by atoms with Gasteiger partial charge in [-0.15, -0.1) is 0 Å². The Balaban J connectivity index is 2.13. The molecule has 0 aromatic carbocycles. The van der Waals surface area contributed by atoms with Crippen molar-refractivity contribution in [2.45, 2.75) is 58.4 Å². The van der Waals surface area contributed by atoms with Gasteiger partial charge in [0.05, 0.1) is 5.69 Å². The van der Waals surface area contributed by atoms with Gasteiger partial charge in [0.25, 0.3) is 0 Å². The zero-order valence-electron chi connectivity index (χ0n) is 13.5. The number of unbranched alkanes of at least 4 members (excludes halogenated alkanes) is 2. The third-order valence-electron chi connectivity index (χ3n) is 4.38. The first-order valence-electron chi connectivity index (χ1n) is 8.33. The molecule has 1 aliphatic heterocycles. The second kappa shape index (κ2) is 7.88. The average molecular weight is 302 g/mol. The van der Waals surface area contributed by atoms with Crippen molar-refractivity contribution in [3.05, 3.63) is 17.5 Å². The molecule has 1 aromatic rings. The van der Waals surface area contributed by atoms with E-state index in [0.29, 0.717) is 11.4 Å². The molecule has 0 saturated carbocycles. The number of nitrogens with zero attached hydrogens (tertiary/aromatic N) is 3. The molecule has 5 nitrogen and oxygen atoms in total. The molecule has 0 unspecified atom stereocenters. The van der Waals surface area contributed by atoms with Gasteiger partial charge in [0.2, 0.25) is 5.91 Å². The third kappa shape index (κ3) is 3.82. The lowest BCUT2D eigenvalue weighted by atomic mass is 10.1. The maximum Gasteiger partial charge on any atom is 0.242 e. The summed E-state index contributed by atoms with van der Waals surface area (Å²) in [5, 5.41) is 9.30. The van der Waals surface area contributed by atoms with Gasteiger partial charge >= 0.3 is 0 Å². The maximum atomic E-state index is 12.5. The van der Waals surface area contributed by atoms with Crippen LogP contribution in [0.15, 0.2) is 6.07 Å². The molecule has 1 aliphatic rings. The molecule has 22 heavy (non-hydrogen) atoms. The first kappa shape index (κ1) is 16.4. The number of nitrogen functional groups attached to an aromatic ring is 1. The molecule has 1 amide bonds. The van der Waals surface area contributed by atoms with Gasteiger partial charge in [0.15, 0.2) is 0 Å². The summed E-state index contributed by atoms with van der Waals surface area (Å²) >= 11 is 0. The van der Waals surface area contributed by atoms with Gasteiger partial charge < -0.3 is 15.2 Å². The predicted octanol–water partition coefficient (Wildman–Crippen LogP) is 2.69. The van der Waals surface area contributed by atoms with Crippen molar-refractivity contribution in [1.29, 1.82) is 5.26 Å². The normalized spacial score (nSPS) is 14.8. The van der Waals surface area contributed by atoms with Gasteiger partial charge in [-0.3, -0.25) is 4.79 Å². The molecule has 1 aromatic heterocycles. The highest BCUT2D eigenvalue weighted by Crippen LogP contribution is 2.21. The lowest BCUT2D eigenvalue weighted by Crippen LogP contribution is -2.38. The van der Waals surface area contributed by atoms with Crippen molar-refractivity contribution >= 4 is 11.6 Å². The minimum absolute atomic E-state index is 0.101. The molecular formula is C17H26N4O. The van der Waals surface area contributed by atoms with Crippen LogP contribution in [-0.2, 0) is 17.8 Å². The van der Waals surface area contributed by atoms with Gasteiger partial charge in [-0.2, -0.15) is 5.26 Å². The number of anilines is 1. The number of carbonyl (C=O) groups excluding carboxylic acids is 1. The van der Waals surface area contributed by atoms with E-state index in [1.807, 2.05) is 9.47 Å². The van der Waals surface area contributed by atoms with Crippen molar-refractivity contribution in [3.8, 4) is 6.07 Å².